The van der Waals surface area contributed by atoms with Crippen molar-refractivity contribution in [3.8, 4) is 0 Å². The number of rotatable bonds is 2. The number of fused-ring (bicyclic) bond motifs is 1. The molecule has 0 saturated carbocycles. The van der Waals surface area contributed by atoms with Gasteiger partial charge in [-0.1, -0.05) is 15.9 Å². The summed E-state index contributed by atoms with van der Waals surface area (Å²) in [5.74, 6) is -0.647. The summed E-state index contributed by atoms with van der Waals surface area (Å²) in [5, 5.41) is 0. The molecule has 0 aliphatic heterocycles. The van der Waals surface area contributed by atoms with Crippen LogP contribution in [0.5, 0.6) is 0 Å². The first-order valence-corrected chi connectivity index (χ1v) is 6.19. The summed E-state index contributed by atoms with van der Waals surface area (Å²) in [4.78, 5) is 27.9. The Kier molecular flexibility index (Phi) is 3.47. The average molecular weight is 311 g/mol. The van der Waals surface area contributed by atoms with Crippen LogP contribution in [-0.2, 0) is 4.74 Å². The van der Waals surface area contributed by atoms with Crippen molar-refractivity contribution in [2.45, 2.75) is 13.8 Å². The molecule has 6 heteroatoms. The molecule has 2 heterocycles. The SMILES string of the molecule is CCOC(=O)c1cnc2cc(Br)cc(C)n2c1=O. The van der Waals surface area contributed by atoms with Gasteiger partial charge in [-0.25, -0.2) is 9.78 Å². The molecule has 0 bridgehead atoms. The van der Waals surface area contributed by atoms with E-state index in [1.807, 2.05) is 0 Å². The van der Waals surface area contributed by atoms with Crippen molar-refractivity contribution in [3.05, 3.63) is 44.4 Å². The van der Waals surface area contributed by atoms with Crippen molar-refractivity contribution >= 4 is 27.5 Å². The van der Waals surface area contributed by atoms with Crippen LogP contribution in [0, 0.1) is 6.92 Å². The Hall–Kier alpha value is -1.69. The highest BCUT2D eigenvalue weighted by Gasteiger charge is 2.15. The standard InChI is InChI=1S/C12H11BrN2O3/c1-3-18-12(17)9-6-14-10-5-8(13)4-7(2)15(10)11(9)16/h4-6H,3H2,1-2H3. The lowest BCUT2D eigenvalue weighted by Crippen LogP contribution is -2.25. The average Bonchev–Trinajstić information content (AvgIpc) is 2.28. The Balaban J connectivity index is 2.72. The van der Waals surface area contributed by atoms with Gasteiger partial charge in [-0.15, -0.1) is 0 Å². The molecule has 2 aromatic heterocycles. The van der Waals surface area contributed by atoms with Gasteiger partial charge in [-0.2, -0.15) is 0 Å². The highest BCUT2D eigenvalue weighted by molar-refractivity contribution is 9.10. The third-order valence-electron chi connectivity index (χ3n) is 2.45. The van der Waals surface area contributed by atoms with E-state index in [1.165, 1.54) is 10.6 Å². The van der Waals surface area contributed by atoms with Crippen molar-refractivity contribution in [1.29, 1.82) is 0 Å². The van der Waals surface area contributed by atoms with Crippen LogP contribution >= 0.6 is 15.9 Å². The van der Waals surface area contributed by atoms with Crippen LogP contribution in [0.4, 0.5) is 0 Å². The van der Waals surface area contributed by atoms with Gasteiger partial charge in [-0.05, 0) is 26.0 Å². The van der Waals surface area contributed by atoms with Crippen LogP contribution in [0.2, 0.25) is 0 Å². The lowest BCUT2D eigenvalue weighted by atomic mass is 10.3. The molecule has 18 heavy (non-hydrogen) atoms. The maximum Gasteiger partial charge on any atom is 0.345 e. The number of hydrogen-bond donors (Lipinski definition) is 0. The number of hydrogen-bond acceptors (Lipinski definition) is 4. The number of aryl methyl sites for hydroxylation is 1. The van der Waals surface area contributed by atoms with Crippen LogP contribution < -0.4 is 5.56 Å². The van der Waals surface area contributed by atoms with Gasteiger partial charge >= 0.3 is 5.97 Å². The Morgan fingerprint density at radius 2 is 2.22 bits per heavy atom. The molecular formula is C12H11BrN2O3. The summed E-state index contributed by atoms with van der Waals surface area (Å²) >= 11 is 3.33. The lowest BCUT2D eigenvalue weighted by molar-refractivity contribution is 0.0523. The number of carbonyl (C=O) groups excluding carboxylic acids is 1. The number of esters is 1. The summed E-state index contributed by atoms with van der Waals surface area (Å²) in [6, 6.07) is 3.49. The number of nitrogens with zero attached hydrogens (tertiary/aromatic N) is 2. The molecule has 0 aliphatic rings. The Labute approximate surface area is 112 Å². The quantitative estimate of drug-likeness (QED) is 0.795. The molecule has 0 aliphatic carbocycles. The highest BCUT2D eigenvalue weighted by atomic mass is 79.9. The maximum atomic E-state index is 12.2. The fourth-order valence-corrected chi connectivity index (χ4v) is 2.22. The van der Waals surface area contributed by atoms with E-state index in [0.29, 0.717) is 11.3 Å². The highest BCUT2D eigenvalue weighted by Crippen LogP contribution is 2.13. The number of pyridine rings is 1. The van der Waals surface area contributed by atoms with Gasteiger partial charge in [0.25, 0.3) is 5.56 Å². The fraction of sp³-hybridized carbons (Fsp3) is 0.250. The zero-order valence-electron chi connectivity index (χ0n) is 9.94. The van der Waals surface area contributed by atoms with E-state index in [9.17, 15) is 9.59 Å². The molecule has 0 N–H and O–H groups in total. The van der Waals surface area contributed by atoms with Gasteiger partial charge in [0.15, 0.2) is 0 Å². The number of aromatic nitrogens is 2. The van der Waals surface area contributed by atoms with Crippen LogP contribution in [0.3, 0.4) is 0 Å². The Morgan fingerprint density at radius 3 is 2.89 bits per heavy atom. The van der Waals surface area contributed by atoms with Crippen LogP contribution in [-0.4, -0.2) is 22.0 Å². The largest absolute Gasteiger partial charge is 0.462 e. The predicted molar refractivity (Wildman–Crippen MR) is 69.9 cm³/mol. The Morgan fingerprint density at radius 1 is 1.50 bits per heavy atom. The van der Waals surface area contributed by atoms with Crippen LogP contribution in [0.1, 0.15) is 23.0 Å². The van der Waals surface area contributed by atoms with E-state index >= 15 is 0 Å². The van der Waals surface area contributed by atoms with Gasteiger partial charge < -0.3 is 4.74 Å². The van der Waals surface area contributed by atoms with Crippen molar-refractivity contribution in [2.24, 2.45) is 0 Å². The minimum Gasteiger partial charge on any atom is -0.462 e. The van der Waals surface area contributed by atoms with Gasteiger partial charge in [0.2, 0.25) is 0 Å². The first kappa shape index (κ1) is 12.8. The zero-order valence-corrected chi connectivity index (χ0v) is 11.5. The van der Waals surface area contributed by atoms with Gasteiger partial charge in [0.1, 0.15) is 11.2 Å². The molecule has 0 saturated heterocycles. The van der Waals surface area contributed by atoms with Gasteiger partial charge in [0.05, 0.1) is 6.61 Å². The van der Waals surface area contributed by atoms with E-state index in [1.54, 1.807) is 26.0 Å². The first-order chi connectivity index (χ1) is 8.54. The third-order valence-corrected chi connectivity index (χ3v) is 2.91. The first-order valence-electron chi connectivity index (χ1n) is 5.39. The van der Waals surface area contributed by atoms with Gasteiger partial charge in [0, 0.05) is 16.4 Å². The van der Waals surface area contributed by atoms with E-state index in [-0.39, 0.29) is 12.2 Å². The molecule has 2 rings (SSSR count). The monoisotopic (exact) mass is 310 g/mol. The second-order valence-electron chi connectivity index (χ2n) is 3.71. The van der Waals surface area contributed by atoms with Crippen molar-refractivity contribution in [3.63, 3.8) is 0 Å². The molecule has 0 atom stereocenters. The second-order valence-corrected chi connectivity index (χ2v) is 4.62. The van der Waals surface area contributed by atoms with Crippen molar-refractivity contribution in [1.82, 2.24) is 9.38 Å². The number of ether oxygens (including phenoxy) is 1. The van der Waals surface area contributed by atoms with E-state index in [2.05, 4.69) is 20.9 Å². The summed E-state index contributed by atoms with van der Waals surface area (Å²) in [7, 11) is 0. The molecular weight excluding hydrogens is 300 g/mol. The molecule has 0 amide bonds. The molecule has 5 nitrogen and oxygen atoms in total. The number of halogens is 1. The zero-order chi connectivity index (χ0) is 13.3. The Bertz CT molecular complexity index is 679. The second kappa shape index (κ2) is 4.89. The molecule has 0 fully saturated rings. The minimum absolute atomic E-state index is 0.0558. The normalized spacial score (nSPS) is 10.6. The minimum atomic E-state index is -0.647. The molecule has 0 unspecified atom stereocenters. The smallest absolute Gasteiger partial charge is 0.345 e. The molecule has 0 radical (unpaired) electrons. The van der Waals surface area contributed by atoms with Gasteiger partial charge in [-0.3, -0.25) is 9.20 Å². The third kappa shape index (κ3) is 2.15. The lowest BCUT2D eigenvalue weighted by Gasteiger charge is -2.07. The molecule has 2 aromatic rings. The van der Waals surface area contributed by atoms with E-state index < -0.39 is 11.5 Å². The molecule has 94 valence electrons. The van der Waals surface area contributed by atoms with Crippen LogP contribution in [0.25, 0.3) is 5.65 Å². The number of carbonyl (C=O) groups is 1. The summed E-state index contributed by atoms with van der Waals surface area (Å²) < 4.78 is 7.04. The summed E-state index contributed by atoms with van der Waals surface area (Å²) in [6.45, 7) is 3.68. The summed E-state index contributed by atoms with van der Waals surface area (Å²) in [5.41, 5.74) is 0.714. The van der Waals surface area contributed by atoms with Crippen molar-refractivity contribution in [2.75, 3.05) is 6.61 Å². The maximum absolute atomic E-state index is 12.2. The molecule has 0 aromatic carbocycles. The fourth-order valence-electron chi connectivity index (χ4n) is 1.69. The van der Waals surface area contributed by atoms with E-state index in [4.69, 9.17) is 4.74 Å². The topological polar surface area (TPSA) is 60.7 Å². The summed E-state index contributed by atoms with van der Waals surface area (Å²) in [6.07, 6.45) is 1.25. The predicted octanol–water partition coefficient (Wildman–Crippen LogP) is 1.94. The van der Waals surface area contributed by atoms with Crippen molar-refractivity contribution < 1.29 is 9.53 Å². The van der Waals surface area contributed by atoms with Crippen LogP contribution in [0.15, 0.2) is 27.6 Å². The van der Waals surface area contributed by atoms with E-state index in [0.717, 1.165) is 4.47 Å². The molecule has 0 spiro atoms.